The molecule has 0 heterocycles. The van der Waals surface area contributed by atoms with Gasteiger partial charge >= 0.3 is 0 Å². The molecule has 0 saturated carbocycles. The van der Waals surface area contributed by atoms with E-state index in [1.54, 1.807) is 31.4 Å². The average Bonchev–Trinajstić information content (AvgIpc) is 2.68. The molecule has 0 aliphatic rings. The lowest BCUT2D eigenvalue weighted by Crippen LogP contribution is -2.32. The summed E-state index contributed by atoms with van der Waals surface area (Å²) in [6, 6.07) is 14.6. The summed E-state index contributed by atoms with van der Waals surface area (Å²) >= 11 is 0. The van der Waals surface area contributed by atoms with Crippen LogP contribution in [0.2, 0.25) is 0 Å². The molecule has 2 amide bonds. The van der Waals surface area contributed by atoms with Gasteiger partial charge in [-0.2, -0.15) is 0 Å². The second-order valence-corrected chi connectivity index (χ2v) is 6.22. The predicted molar refractivity (Wildman–Crippen MR) is 103 cm³/mol. The lowest BCUT2D eigenvalue weighted by atomic mass is 10.1. The fraction of sp³-hybridized carbons (Fsp3) is 0.333. The summed E-state index contributed by atoms with van der Waals surface area (Å²) in [6.45, 7) is 4.49. The monoisotopic (exact) mass is 354 g/mol. The maximum absolute atomic E-state index is 12.3. The van der Waals surface area contributed by atoms with Crippen molar-refractivity contribution < 1.29 is 14.3 Å². The average molecular weight is 354 g/mol. The van der Waals surface area contributed by atoms with Crippen molar-refractivity contribution in [3.8, 4) is 5.75 Å². The number of ether oxygens (including phenoxy) is 1. The number of hydrogen-bond donors (Lipinski definition) is 2. The van der Waals surface area contributed by atoms with Crippen LogP contribution in [0.25, 0.3) is 0 Å². The van der Waals surface area contributed by atoms with Gasteiger partial charge in [0.05, 0.1) is 7.11 Å². The summed E-state index contributed by atoms with van der Waals surface area (Å²) in [6.07, 6.45) is 1.58. The fourth-order valence-electron chi connectivity index (χ4n) is 2.43. The number of hydrogen-bond acceptors (Lipinski definition) is 3. The normalized spacial score (nSPS) is 11.5. The molecule has 0 spiro atoms. The van der Waals surface area contributed by atoms with Crippen LogP contribution in [0.3, 0.4) is 0 Å². The molecule has 0 aromatic heterocycles. The van der Waals surface area contributed by atoms with Crippen molar-refractivity contribution in [3.63, 3.8) is 0 Å². The molecule has 1 unspecified atom stereocenters. The molecule has 5 nitrogen and oxygen atoms in total. The third-order valence-electron chi connectivity index (χ3n) is 4.24. The van der Waals surface area contributed by atoms with Crippen molar-refractivity contribution in [2.24, 2.45) is 0 Å². The van der Waals surface area contributed by atoms with Gasteiger partial charge in [0.1, 0.15) is 5.75 Å². The summed E-state index contributed by atoms with van der Waals surface area (Å²) in [7, 11) is 1.63. The first-order chi connectivity index (χ1) is 12.5. The zero-order valence-corrected chi connectivity index (χ0v) is 15.5. The number of nitrogens with one attached hydrogen (secondary N) is 2. The lowest BCUT2D eigenvalue weighted by molar-refractivity contribution is 0.0939. The van der Waals surface area contributed by atoms with Gasteiger partial charge < -0.3 is 15.4 Å². The van der Waals surface area contributed by atoms with Gasteiger partial charge in [-0.1, -0.05) is 25.1 Å². The van der Waals surface area contributed by atoms with Crippen LogP contribution in [0.5, 0.6) is 5.75 Å². The smallest absolute Gasteiger partial charge is 0.251 e. The third kappa shape index (κ3) is 5.62. The molecule has 2 aromatic carbocycles. The van der Waals surface area contributed by atoms with E-state index in [4.69, 9.17) is 4.74 Å². The first-order valence-corrected chi connectivity index (χ1v) is 8.85. The highest BCUT2D eigenvalue weighted by molar-refractivity contribution is 5.99. The number of carbonyl (C=O) groups excluding carboxylic acids is 2. The number of amides is 2. The van der Waals surface area contributed by atoms with E-state index in [0.29, 0.717) is 17.7 Å². The Morgan fingerprint density at radius 2 is 1.69 bits per heavy atom. The van der Waals surface area contributed by atoms with E-state index in [1.165, 1.54) is 0 Å². The van der Waals surface area contributed by atoms with Gasteiger partial charge in [-0.15, -0.1) is 0 Å². The molecule has 0 bridgehead atoms. The molecule has 5 heteroatoms. The number of benzene rings is 2. The lowest BCUT2D eigenvalue weighted by Gasteiger charge is -2.12. The van der Waals surface area contributed by atoms with E-state index < -0.39 is 0 Å². The van der Waals surface area contributed by atoms with E-state index in [2.05, 4.69) is 10.6 Å². The minimum atomic E-state index is -0.184. The second-order valence-electron chi connectivity index (χ2n) is 6.22. The van der Waals surface area contributed by atoms with Crippen LogP contribution in [0, 0.1) is 0 Å². The van der Waals surface area contributed by atoms with Gasteiger partial charge in [0.2, 0.25) is 0 Å². The molecular formula is C21H26N2O3. The Hall–Kier alpha value is -2.82. The summed E-state index contributed by atoms with van der Waals surface area (Å²) < 4.78 is 5.13. The first-order valence-electron chi connectivity index (χ1n) is 8.85. The Kier molecular flexibility index (Phi) is 7.21. The summed E-state index contributed by atoms with van der Waals surface area (Å²) in [4.78, 5) is 24.5. The van der Waals surface area contributed by atoms with Crippen molar-refractivity contribution in [1.82, 2.24) is 10.6 Å². The Balaban J connectivity index is 1.90. The van der Waals surface area contributed by atoms with Crippen LogP contribution < -0.4 is 15.4 Å². The van der Waals surface area contributed by atoms with Crippen molar-refractivity contribution in [2.75, 3.05) is 13.7 Å². The minimum absolute atomic E-state index is 0.101. The maximum atomic E-state index is 12.3. The van der Waals surface area contributed by atoms with Gasteiger partial charge in [0.15, 0.2) is 0 Å². The largest absolute Gasteiger partial charge is 0.497 e. The molecule has 0 aliphatic heterocycles. The molecule has 0 radical (unpaired) electrons. The van der Waals surface area contributed by atoms with Crippen LogP contribution in [0.15, 0.2) is 48.5 Å². The van der Waals surface area contributed by atoms with Crippen LogP contribution in [-0.2, 0) is 6.42 Å². The summed E-state index contributed by atoms with van der Waals surface area (Å²) in [5, 5.41) is 5.80. The number of methoxy groups -OCH3 is 1. The zero-order valence-electron chi connectivity index (χ0n) is 15.5. The molecule has 0 saturated heterocycles. The van der Waals surface area contributed by atoms with Crippen molar-refractivity contribution in [2.45, 2.75) is 32.7 Å². The van der Waals surface area contributed by atoms with Crippen LogP contribution >= 0.6 is 0 Å². The van der Waals surface area contributed by atoms with Crippen molar-refractivity contribution in [1.29, 1.82) is 0 Å². The highest BCUT2D eigenvalue weighted by Crippen LogP contribution is 2.11. The molecule has 0 fully saturated rings. The highest BCUT2D eigenvalue weighted by atomic mass is 16.5. The second kappa shape index (κ2) is 9.61. The van der Waals surface area contributed by atoms with E-state index in [-0.39, 0.29) is 17.9 Å². The molecular weight excluding hydrogens is 328 g/mol. The zero-order chi connectivity index (χ0) is 18.9. The van der Waals surface area contributed by atoms with E-state index in [9.17, 15) is 9.59 Å². The third-order valence-corrected chi connectivity index (χ3v) is 4.24. The van der Waals surface area contributed by atoms with Gasteiger partial charge in [-0.3, -0.25) is 9.59 Å². The van der Waals surface area contributed by atoms with Crippen LogP contribution in [0.4, 0.5) is 0 Å². The summed E-state index contributed by atoms with van der Waals surface area (Å²) in [5.74, 6) is 0.467. The Labute approximate surface area is 154 Å². The number of rotatable bonds is 8. The Morgan fingerprint density at radius 1 is 1.04 bits per heavy atom. The molecule has 138 valence electrons. The number of carbonyl (C=O) groups is 2. The van der Waals surface area contributed by atoms with E-state index >= 15 is 0 Å². The Bertz CT molecular complexity index is 741. The van der Waals surface area contributed by atoms with Gasteiger partial charge in [-0.05, 0) is 55.7 Å². The minimum Gasteiger partial charge on any atom is -0.497 e. The van der Waals surface area contributed by atoms with Crippen LogP contribution in [-0.4, -0.2) is 31.5 Å². The van der Waals surface area contributed by atoms with Crippen molar-refractivity contribution in [3.05, 3.63) is 65.2 Å². The van der Waals surface area contributed by atoms with Gasteiger partial charge in [-0.25, -0.2) is 0 Å². The quantitative estimate of drug-likeness (QED) is 0.765. The van der Waals surface area contributed by atoms with Gasteiger partial charge in [0, 0.05) is 23.7 Å². The summed E-state index contributed by atoms with van der Waals surface area (Å²) in [5.41, 5.74) is 2.09. The SMILES string of the molecule is CCC(C)NC(=O)c1cccc(C(=O)NCCc2ccc(OC)cc2)c1. The topological polar surface area (TPSA) is 67.4 Å². The molecule has 2 N–H and O–H groups in total. The molecule has 0 aliphatic carbocycles. The maximum Gasteiger partial charge on any atom is 0.251 e. The molecule has 2 aromatic rings. The van der Waals surface area contributed by atoms with E-state index in [0.717, 1.165) is 24.2 Å². The van der Waals surface area contributed by atoms with Crippen molar-refractivity contribution >= 4 is 11.8 Å². The molecule has 2 rings (SSSR count). The highest BCUT2D eigenvalue weighted by Gasteiger charge is 2.11. The fourth-order valence-corrected chi connectivity index (χ4v) is 2.43. The molecule has 1 atom stereocenters. The van der Waals surface area contributed by atoms with E-state index in [1.807, 2.05) is 38.1 Å². The standard InChI is InChI=1S/C21H26N2O3/c1-4-15(2)23-21(25)18-7-5-6-17(14-18)20(24)22-13-12-16-8-10-19(26-3)11-9-16/h5-11,14-15H,4,12-13H2,1-3H3,(H,22,24)(H,23,25). The predicted octanol–water partition coefficient (Wildman–Crippen LogP) is 3.20. The first kappa shape index (κ1) is 19.5. The Morgan fingerprint density at radius 3 is 2.31 bits per heavy atom. The van der Waals surface area contributed by atoms with Gasteiger partial charge in [0.25, 0.3) is 11.8 Å². The van der Waals surface area contributed by atoms with Crippen LogP contribution in [0.1, 0.15) is 46.5 Å². The molecule has 26 heavy (non-hydrogen) atoms.